The van der Waals surface area contributed by atoms with Crippen LogP contribution in [0.1, 0.15) is 31.6 Å². The molecule has 0 aromatic carbocycles. The van der Waals surface area contributed by atoms with Gasteiger partial charge in [0.15, 0.2) is 0 Å². The third-order valence-electron chi connectivity index (χ3n) is 4.42. The number of piperidine rings is 1. The Balaban J connectivity index is 2.17. The summed E-state index contributed by atoms with van der Waals surface area (Å²) in [6.45, 7) is 2.94. The molecule has 0 radical (unpaired) electrons. The number of carbonyl (C=O) groups excluding carboxylic acids is 1. The molecule has 2 rings (SSSR count). The fraction of sp³-hybridized carbons (Fsp3) is 0.733. The predicted molar refractivity (Wildman–Crippen MR) is 89.7 cm³/mol. The van der Waals surface area contributed by atoms with Gasteiger partial charge in [0.2, 0.25) is 15.9 Å². The maximum Gasteiger partial charge on any atom is 0.223 e. The van der Waals surface area contributed by atoms with Crippen molar-refractivity contribution in [2.75, 3.05) is 32.6 Å². The zero-order valence-electron chi connectivity index (χ0n) is 14.4. The number of ether oxygens (including phenoxy) is 1. The van der Waals surface area contributed by atoms with E-state index in [1.165, 1.54) is 7.11 Å². The molecular formula is C15H26N4O4S. The lowest BCUT2D eigenvalue weighted by Crippen LogP contribution is -2.47. The van der Waals surface area contributed by atoms with E-state index in [9.17, 15) is 13.2 Å². The fourth-order valence-electron chi connectivity index (χ4n) is 3.12. The van der Waals surface area contributed by atoms with Gasteiger partial charge in [0.1, 0.15) is 5.82 Å². The number of nitrogens with one attached hydrogen (secondary N) is 1. The second kappa shape index (κ2) is 8.09. The van der Waals surface area contributed by atoms with E-state index in [1.54, 1.807) is 11.1 Å². The van der Waals surface area contributed by atoms with Gasteiger partial charge in [-0.2, -0.15) is 0 Å². The average molecular weight is 358 g/mol. The van der Waals surface area contributed by atoms with E-state index in [-0.39, 0.29) is 36.8 Å². The first-order valence-corrected chi connectivity index (χ1v) is 9.77. The summed E-state index contributed by atoms with van der Waals surface area (Å²) in [5, 5.41) is 0. The molecule has 0 unspecified atom stereocenters. The van der Waals surface area contributed by atoms with Crippen molar-refractivity contribution in [3.05, 3.63) is 18.2 Å². The van der Waals surface area contributed by atoms with Crippen LogP contribution in [-0.2, 0) is 26.6 Å². The summed E-state index contributed by atoms with van der Waals surface area (Å²) in [5.74, 6) is 0.788. The molecule has 1 N–H and O–H groups in total. The van der Waals surface area contributed by atoms with E-state index < -0.39 is 10.0 Å². The normalized spacial score (nSPS) is 22.1. The Morgan fingerprint density at radius 1 is 1.46 bits per heavy atom. The summed E-state index contributed by atoms with van der Waals surface area (Å²) in [4.78, 5) is 18.4. The van der Waals surface area contributed by atoms with Crippen LogP contribution in [0, 0.1) is 5.92 Å². The standard InChI is InChI=1S/C15H26N4O4S/c1-4-19-13(20)6-5-12(11-17-24(21,22)10-9-23-3)14(19)15-16-7-8-18(15)2/h7-8,12,14,17H,4-6,9-11H2,1-3H3/t12-,14+/m1/s1. The molecular weight excluding hydrogens is 332 g/mol. The highest BCUT2D eigenvalue weighted by Crippen LogP contribution is 2.35. The predicted octanol–water partition coefficient (Wildman–Crippen LogP) is 0.286. The number of rotatable bonds is 8. The van der Waals surface area contributed by atoms with Gasteiger partial charge in [0.05, 0.1) is 18.4 Å². The van der Waals surface area contributed by atoms with Gasteiger partial charge in [0.25, 0.3) is 0 Å². The van der Waals surface area contributed by atoms with Crippen LogP contribution in [-0.4, -0.2) is 61.3 Å². The Morgan fingerprint density at radius 2 is 2.21 bits per heavy atom. The van der Waals surface area contributed by atoms with E-state index in [0.29, 0.717) is 19.4 Å². The van der Waals surface area contributed by atoms with Crippen LogP contribution in [0.2, 0.25) is 0 Å². The zero-order chi connectivity index (χ0) is 17.7. The number of aryl methyl sites for hydroxylation is 1. The van der Waals surface area contributed by atoms with Crippen molar-refractivity contribution in [1.29, 1.82) is 0 Å². The van der Waals surface area contributed by atoms with Crippen molar-refractivity contribution >= 4 is 15.9 Å². The van der Waals surface area contributed by atoms with E-state index in [2.05, 4.69) is 9.71 Å². The van der Waals surface area contributed by atoms with Gasteiger partial charge < -0.3 is 14.2 Å². The van der Waals surface area contributed by atoms with Gasteiger partial charge in [-0.1, -0.05) is 0 Å². The van der Waals surface area contributed by atoms with Crippen molar-refractivity contribution in [3.8, 4) is 0 Å². The molecule has 9 heteroatoms. The molecule has 1 aromatic rings. The van der Waals surface area contributed by atoms with Crippen LogP contribution in [0.15, 0.2) is 12.4 Å². The minimum Gasteiger partial charge on any atom is -0.384 e. The van der Waals surface area contributed by atoms with Crippen LogP contribution in [0.3, 0.4) is 0 Å². The number of carbonyl (C=O) groups is 1. The van der Waals surface area contributed by atoms with Crippen LogP contribution < -0.4 is 4.72 Å². The number of likely N-dealkylation sites (tertiary alicyclic amines) is 1. The van der Waals surface area contributed by atoms with Crippen molar-refractivity contribution in [2.24, 2.45) is 13.0 Å². The monoisotopic (exact) mass is 358 g/mol. The SMILES string of the molecule is CCN1C(=O)CC[C@H](CNS(=O)(=O)CCOC)[C@H]1c1nccn1C. The van der Waals surface area contributed by atoms with Crippen LogP contribution in [0.5, 0.6) is 0 Å². The highest BCUT2D eigenvalue weighted by atomic mass is 32.2. The van der Waals surface area contributed by atoms with Crippen LogP contribution in [0.4, 0.5) is 0 Å². The maximum absolute atomic E-state index is 12.3. The quantitative estimate of drug-likeness (QED) is 0.721. The number of sulfonamides is 1. The van der Waals surface area contributed by atoms with Crippen molar-refractivity contribution in [2.45, 2.75) is 25.8 Å². The summed E-state index contributed by atoms with van der Waals surface area (Å²) >= 11 is 0. The van der Waals surface area contributed by atoms with E-state index >= 15 is 0 Å². The molecule has 2 heterocycles. The lowest BCUT2D eigenvalue weighted by Gasteiger charge is -2.40. The molecule has 0 aliphatic carbocycles. The minimum atomic E-state index is -3.39. The van der Waals surface area contributed by atoms with Gasteiger partial charge in [-0.15, -0.1) is 0 Å². The summed E-state index contributed by atoms with van der Waals surface area (Å²) in [7, 11) is -0.0341. The Bertz CT molecular complexity index is 658. The number of hydrogen-bond acceptors (Lipinski definition) is 5. The third kappa shape index (κ3) is 4.34. The Morgan fingerprint density at radius 3 is 2.79 bits per heavy atom. The first kappa shape index (κ1) is 18.9. The summed E-state index contributed by atoms with van der Waals surface area (Å²) in [6, 6.07) is -0.221. The molecule has 2 atom stereocenters. The van der Waals surface area contributed by atoms with Gasteiger partial charge >= 0.3 is 0 Å². The van der Waals surface area contributed by atoms with E-state index in [4.69, 9.17) is 4.74 Å². The molecule has 1 saturated heterocycles. The Hall–Kier alpha value is -1.45. The van der Waals surface area contributed by atoms with Crippen molar-refractivity contribution < 1.29 is 17.9 Å². The van der Waals surface area contributed by atoms with Gasteiger partial charge in [0, 0.05) is 52.0 Å². The molecule has 1 aromatic heterocycles. The second-order valence-electron chi connectivity index (χ2n) is 5.98. The number of nitrogens with zero attached hydrogens (tertiary/aromatic N) is 3. The van der Waals surface area contributed by atoms with Gasteiger partial charge in [-0.05, 0) is 13.3 Å². The zero-order valence-corrected chi connectivity index (χ0v) is 15.3. The van der Waals surface area contributed by atoms with E-state index in [1.807, 2.05) is 24.7 Å². The Labute approximate surface area is 143 Å². The lowest BCUT2D eigenvalue weighted by atomic mass is 9.88. The molecule has 1 amide bonds. The number of hydrogen-bond donors (Lipinski definition) is 1. The van der Waals surface area contributed by atoms with E-state index in [0.717, 1.165) is 5.82 Å². The van der Waals surface area contributed by atoms with Crippen molar-refractivity contribution in [3.63, 3.8) is 0 Å². The summed E-state index contributed by atoms with van der Waals surface area (Å²) in [6.07, 6.45) is 4.60. The average Bonchev–Trinajstić information content (AvgIpc) is 2.97. The smallest absolute Gasteiger partial charge is 0.223 e. The molecule has 24 heavy (non-hydrogen) atoms. The number of methoxy groups -OCH3 is 1. The largest absolute Gasteiger partial charge is 0.384 e. The molecule has 0 spiro atoms. The van der Waals surface area contributed by atoms with Crippen LogP contribution >= 0.6 is 0 Å². The molecule has 0 bridgehead atoms. The number of imidazole rings is 1. The highest BCUT2D eigenvalue weighted by Gasteiger charge is 2.38. The molecule has 1 fully saturated rings. The number of aromatic nitrogens is 2. The topological polar surface area (TPSA) is 93.5 Å². The molecule has 1 aliphatic heterocycles. The van der Waals surface area contributed by atoms with Gasteiger partial charge in [-0.25, -0.2) is 18.1 Å². The maximum atomic E-state index is 12.3. The summed E-state index contributed by atoms with van der Waals surface area (Å²) < 4.78 is 33.4. The molecule has 1 aliphatic rings. The lowest BCUT2D eigenvalue weighted by molar-refractivity contribution is -0.139. The fourth-order valence-corrected chi connectivity index (χ4v) is 4.12. The molecule has 0 saturated carbocycles. The Kier molecular flexibility index (Phi) is 6.36. The summed E-state index contributed by atoms with van der Waals surface area (Å²) in [5.41, 5.74) is 0. The third-order valence-corrected chi connectivity index (χ3v) is 5.73. The number of amides is 1. The first-order valence-electron chi connectivity index (χ1n) is 8.12. The van der Waals surface area contributed by atoms with Crippen LogP contribution in [0.25, 0.3) is 0 Å². The molecule has 136 valence electrons. The highest BCUT2D eigenvalue weighted by molar-refractivity contribution is 7.89. The molecule has 8 nitrogen and oxygen atoms in total. The van der Waals surface area contributed by atoms with Crippen molar-refractivity contribution in [1.82, 2.24) is 19.2 Å². The second-order valence-corrected chi connectivity index (χ2v) is 7.91. The first-order chi connectivity index (χ1) is 11.4. The van der Waals surface area contributed by atoms with Gasteiger partial charge in [-0.3, -0.25) is 4.79 Å². The minimum absolute atomic E-state index is 0.0129.